The first-order valence-electron chi connectivity index (χ1n) is 14.1. The number of allylic oxidation sites excluding steroid dienone is 1. The molecule has 0 atom stereocenters. The fourth-order valence-electron chi connectivity index (χ4n) is 4.41. The van der Waals surface area contributed by atoms with E-state index in [0.29, 0.717) is 54.6 Å². The van der Waals surface area contributed by atoms with Crippen LogP contribution >= 0.6 is 21.6 Å². The van der Waals surface area contributed by atoms with Gasteiger partial charge in [-0.15, -0.1) is 0 Å². The standard InChI is InChI=1S/C29H40N4O7S2/c1-19(2)17-41-42-26(20(3)32(4)18-34)14-15-38-27(35)12-13-28(36)39-23-9-7-22(8-10-23)33(5)29(37)21-6-11-24-25(16-21)31-40-30-24/h6,11,16,18-19,22-23H,7-10,12-15,17H2,1-5H3/b26-20+. The van der Waals surface area contributed by atoms with Gasteiger partial charge in [-0.25, -0.2) is 4.63 Å². The second kappa shape index (κ2) is 16.5. The molecule has 2 amide bonds. The Morgan fingerprint density at radius 3 is 2.43 bits per heavy atom. The molecule has 1 aliphatic carbocycles. The molecule has 11 nitrogen and oxygen atoms in total. The summed E-state index contributed by atoms with van der Waals surface area (Å²) in [5.41, 5.74) is 2.46. The largest absolute Gasteiger partial charge is 0.465 e. The molecule has 0 unspecified atom stereocenters. The van der Waals surface area contributed by atoms with E-state index >= 15 is 0 Å². The molecular formula is C29H40N4O7S2. The van der Waals surface area contributed by atoms with E-state index in [2.05, 4.69) is 24.2 Å². The zero-order valence-electron chi connectivity index (χ0n) is 24.9. The molecular weight excluding hydrogens is 580 g/mol. The summed E-state index contributed by atoms with van der Waals surface area (Å²) in [6, 6.07) is 5.11. The van der Waals surface area contributed by atoms with Crippen molar-refractivity contribution < 1.29 is 33.3 Å². The highest BCUT2D eigenvalue weighted by atomic mass is 33.1. The summed E-state index contributed by atoms with van der Waals surface area (Å²) in [6.45, 7) is 6.32. The third kappa shape index (κ3) is 10.0. The molecule has 0 N–H and O–H groups in total. The Kier molecular flexibility index (Phi) is 13.2. The van der Waals surface area contributed by atoms with Crippen molar-refractivity contribution in [2.45, 2.75) is 77.9 Å². The van der Waals surface area contributed by atoms with Crippen molar-refractivity contribution in [1.29, 1.82) is 0 Å². The number of esters is 2. The second-order valence-corrected chi connectivity index (χ2v) is 13.2. The first-order valence-corrected chi connectivity index (χ1v) is 16.4. The van der Waals surface area contributed by atoms with Crippen molar-refractivity contribution >= 4 is 56.9 Å². The molecule has 0 spiro atoms. The lowest BCUT2D eigenvalue weighted by Crippen LogP contribution is -2.41. The summed E-state index contributed by atoms with van der Waals surface area (Å²) >= 11 is 0. The molecule has 0 aliphatic heterocycles. The normalized spacial score (nSPS) is 17.5. The first-order chi connectivity index (χ1) is 20.1. The van der Waals surface area contributed by atoms with E-state index in [9.17, 15) is 19.2 Å². The van der Waals surface area contributed by atoms with Gasteiger partial charge in [0.25, 0.3) is 5.91 Å². The number of carbonyl (C=O) groups excluding carboxylic acids is 4. The number of ether oxygens (including phenoxy) is 2. The topological polar surface area (TPSA) is 132 Å². The molecule has 1 saturated carbocycles. The summed E-state index contributed by atoms with van der Waals surface area (Å²) in [4.78, 5) is 53.0. The predicted molar refractivity (Wildman–Crippen MR) is 162 cm³/mol. The Morgan fingerprint density at radius 1 is 1.05 bits per heavy atom. The molecule has 13 heteroatoms. The zero-order chi connectivity index (χ0) is 30.6. The Labute approximate surface area is 254 Å². The van der Waals surface area contributed by atoms with Crippen LogP contribution in [0.1, 0.15) is 76.1 Å². The number of rotatable bonds is 15. The van der Waals surface area contributed by atoms with Crippen LogP contribution in [0.4, 0.5) is 0 Å². The molecule has 1 fully saturated rings. The number of carbonyl (C=O) groups is 4. The molecule has 1 aromatic carbocycles. The predicted octanol–water partition coefficient (Wildman–Crippen LogP) is 5.22. The van der Waals surface area contributed by atoms with Gasteiger partial charge >= 0.3 is 11.9 Å². The summed E-state index contributed by atoms with van der Waals surface area (Å²) in [5.74, 6) is 0.496. The van der Waals surface area contributed by atoms with Crippen LogP contribution in [0, 0.1) is 5.92 Å². The first kappa shape index (κ1) is 33.4. The summed E-state index contributed by atoms with van der Waals surface area (Å²) in [6.07, 6.45) is 3.59. The molecule has 1 aliphatic rings. The van der Waals surface area contributed by atoms with Gasteiger partial charge < -0.3 is 19.3 Å². The van der Waals surface area contributed by atoms with E-state index < -0.39 is 11.9 Å². The highest BCUT2D eigenvalue weighted by Gasteiger charge is 2.29. The van der Waals surface area contributed by atoms with Crippen LogP contribution in [-0.2, 0) is 23.9 Å². The van der Waals surface area contributed by atoms with E-state index in [1.165, 1.54) is 4.90 Å². The minimum Gasteiger partial charge on any atom is -0.465 e. The van der Waals surface area contributed by atoms with Gasteiger partial charge in [-0.05, 0) is 67.0 Å². The molecule has 1 heterocycles. The maximum absolute atomic E-state index is 13.0. The van der Waals surface area contributed by atoms with Crippen LogP contribution in [0.2, 0.25) is 0 Å². The lowest BCUT2D eigenvalue weighted by molar-refractivity contribution is -0.155. The Hall–Kier alpha value is -3.06. The van der Waals surface area contributed by atoms with Gasteiger partial charge in [-0.3, -0.25) is 19.2 Å². The molecule has 3 rings (SSSR count). The fraction of sp³-hybridized carbons (Fsp3) is 0.586. The van der Waals surface area contributed by atoms with Crippen LogP contribution < -0.4 is 0 Å². The number of benzene rings is 1. The molecule has 2 aromatic rings. The van der Waals surface area contributed by atoms with Gasteiger partial charge in [0.15, 0.2) is 0 Å². The zero-order valence-corrected chi connectivity index (χ0v) is 26.5. The van der Waals surface area contributed by atoms with Crippen molar-refractivity contribution in [3.8, 4) is 0 Å². The number of fused-ring (bicyclic) bond motifs is 1. The van der Waals surface area contributed by atoms with Crippen LogP contribution in [0.5, 0.6) is 0 Å². The second-order valence-electron chi connectivity index (χ2n) is 10.8. The van der Waals surface area contributed by atoms with E-state index in [1.807, 2.05) is 6.92 Å². The summed E-state index contributed by atoms with van der Waals surface area (Å²) in [7, 11) is 6.77. The van der Waals surface area contributed by atoms with Gasteiger partial charge in [0.2, 0.25) is 6.41 Å². The maximum Gasteiger partial charge on any atom is 0.306 e. The summed E-state index contributed by atoms with van der Waals surface area (Å²) < 4.78 is 15.7. The van der Waals surface area contributed by atoms with E-state index in [0.717, 1.165) is 22.8 Å². The van der Waals surface area contributed by atoms with Crippen LogP contribution in [-0.4, -0.2) is 83.0 Å². The number of hydrogen-bond acceptors (Lipinski definition) is 11. The Balaban J connectivity index is 1.36. The van der Waals surface area contributed by atoms with Gasteiger partial charge in [0.05, 0.1) is 19.4 Å². The number of aromatic nitrogens is 2. The summed E-state index contributed by atoms with van der Waals surface area (Å²) in [5, 5.41) is 7.56. The molecule has 0 saturated heterocycles. The van der Waals surface area contributed by atoms with Crippen LogP contribution in [0.25, 0.3) is 11.0 Å². The maximum atomic E-state index is 13.0. The van der Waals surface area contributed by atoms with Gasteiger partial charge in [-0.1, -0.05) is 35.4 Å². The quantitative estimate of drug-likeness (QED) is 0.147. The van der Waals surface area contributed by atoms with Crippen molar-refractivity contribution in [3.05, 3.63) is 34.4 Å². The number of nitrogens with zero attached hydrogens (tertiary/aromatic N) is 4. The van der Waals surface area contributed by atoms with Gasteiger partial charge in [0.1, 0.15) is 17.1 Å². The SMILES string of the molecule is C/C(=C(/CCOC(=O)CCC(=O)OC1CCC(N(C)C(=O)c2ccc3nonc3c2)CC1)SSCC(C)C)N(C)C=O. The Bertz CT molecular complexity index is 1260. The van der Waals surface area contributed by atoms with E-state index in [4.69, 9.17) is 14.1 Å². The molecule has 1 aromatic heterocycles. The lowest BCUT2D eigenvalue weighted by atomic mass is 9.91. The minimum atomic E-state index is -0.462. The van der Waals surface area contributed by atoms with Crippen molar-refractivity contribution in [1.82, 2.24) is 20.1 Å². The fourth-order valence-corrected chi connectivity index (χ4v) is 7.39. The minimum absolute atomic E-state index is 0.0318. The van der Waals surface area contributed by atoms with E-state index in [-0.39, 0.29) is 37.5 Å². The monoisotopic (exact) mass is 620 g/mol. The van der Waals surface area contributed by atoms with Gasteiger partial charge in [-0.2, -0.15) is 0 Å². The highest BCUT2D eigenvalue weighted by Crippen LogP contribution is 2.36. The molecule has 42 heavy (non-hydrogen) atoms. The number of hydrogen-bond donors (Lipinski definition) is 0. The molecule has 230 valence electrons. The van der Waals surface area contributed by atoms with Crippen molar-refractivity contribution in [2.75, 3.05) is 26.5 Å². The number of amides is 2. The van der Waals surface area contributed by atoms with Crippen LogP contribution in [0.3, 0.4) is 0 Å². The van der Waals surface area contributed by atoms with Crippen LogP contribution in [0.15, 0.2) is 33.4 Å². The molecule has 0 radical (unpaired) electrons. The smallest absolute Gasteiger partial charge is 0.306 e. The average molecular weight is 621 g/mol. The third-order valence-electron chi connectivity index (χ3n) is 7.09. The lowest BCUT2D eigenvalue weighted by Gasteiger charge is -2.34. The Morgan fingerprint density at radius 2 is 1.74 bits per heavy atom. The van der Waals surface area contributed by atoms with Gasteiger partial charge in [0, 0.05) is 48.5 Å². The molecule has 0 bridgehead atoms. The van der Waals surface area contributed by atoms with Crippen molar-refractivity contribution in [2.24, 2.45) is 5.92 Å². The average Bonchev–Trinajstić information content (AvgIpc) is 3.46. The van der Waals surface area contributed by atoms with E-state index in [1.54, 1.807) is 58.8 Å². The van der Waals surface area contributed by atoms with Crippen molar-refractivity contribution in [3.63, 3.8) is 0 Å². The highest BCUT2D eigenvalue weighted by molar-refractivity contribution is 8.78. The third-order valence-corrected chi connectivity index (χ3v) is 10.1.